The highest BCUT2D eigenvalue weighted by Crippen LogP contribution is 2.67. The number of nitrogens with zero attached hydrogens (tertiary/aromatic N) is 1. The van der Waals surface area contributed by atoms with Crippen molar-refractivity contribution in [2.45, 2.75) is 30.6 Å². The minimum absolute atomic E-state index is 0.176. The fourth-order valence-electron chi connectivity index (χ4n) is 14.9. The van der Waals surface area contributed by atoms with Gasteiger partial charge >= 0.3 is 0 Å². The van der Waals surface area contributed by atoms with Crippen LogP contribution in [0.25, 0.3) is 92.8 Å². The van der Waals surface area contributed by atoms with E-state index in [9.17, 15) is 0 Å². The van der Waals surface area contributed by atoms with Gasteiger partial charge in [0, 0.05) is 28.1 Å². The van der Waals surface area contributed by atoms with Crippen LogP contribution in [0.15, 0.2) is 273 Å². The maximum Gasteiger partial charge on any atom is 0.0546 e. The van der Waals surface area contributed by atoms with E-state index in [-0.39, 0.29) is 11.3 Å². The maximum atomic E-state index is 2.59. The first-order valence-electron chi connectivity index (χ1n) is 27.4. The van der Waals surface area contributed by atoms with Crippen LogP contribution >= 0.6 is 0 Å². The van der Waals surface area contributed by atoms with E-state index < -0.39 is 5.41 Å². The van der Waals surface area contributed by atoms with Crippen molar-refractivity contribution in [1.29, 1.82) is 0 Å². The van der Waals surface area contributed by atoms with E-state index in [4.69, 9.17) is 0 Å². The van der Waals surface area contributed by atoms with Crippen molar-refractivity contribution in [3.8, 4) is 33.4 Å². The summed E-state index contributed by atoms with van der Waals surface area (Å²) in [5, 5.41) is 12.5. The highest BCUT2D eigenvalue weighted by Gasteiger charge is 2.61. The molecular formula is C76H53N. The Morgan fingerprint density at radius 3 is 1.83 bits per heavy atom. The van der Waals surface area contributed by atoms with E-state index in [0.29, 0.717) is 0 Å². The Kier molecular flexibility index (Phi) is 9.64. The second kappa shape index (κ2) is 16.9. The molecule has 362 valence electrons. The maximum absolute atomic E-state index is 2.59. The molecule has 1 nitrogen and oxygen atoms in total. The third kappa shape index (κ3) is 6.23. The number of allylic oxidation sites excluding steroid dienone is 8. The molecule has 0 radical (unpaired) electrons. The summed E-state index contributed by atoms with van der Waals surface area (Å²) in [6.07, 6.45) is 18.5. The fourth-order valence-corrected chi connectivity index (χ4v) is 14.9. The number of hydrogen-bond acceptors (Lipinski definition) is 1. The fraction of sp³-hybridized carbons (Fsp3) is 0.0789. The number of rotatable bonds is 6. The van der Waals surface area contributed by atoms with Crippen LogP contribution in [0, 0.1) is 5.92 Å². The van der Waals surface area contributed by atoms with Crippen molar-refractivity contribution in [2.24, 2.45) is 5.92 Å². The van der Waals surface area contributed by atoms with Crippen LogP contribution in [0.5, 0.6) is 0 Å². The lowest BCUT2D eigenvalue weighted by atomic mass is 9.61. The normalized spacial score (nSPS) is 18.8. The molecule has 12 aromatic carbocycles. The van der Waals surface area contributed by atoms with Crippen LogP contribution in [-0.2, 0) is 10.8 Å². The van der Waals surface area contributed by atoms with E-state index in [1.807, 2.05) is 0 Å². The summed E-state index contributed by atoms with van der Waals surface area (Å²) in [6.45, 7) is 2.46. The molecule has 0 saturated heterocycles. The molecule has 3 unspecified atom stereocenters. The molecule has 12 aromatic rings. The van der Waals surface area contributed by atoms with Gasteiger partial charge in [0.2, 0.25) is 0 Å². The van der Waals surface area contributed by atoms with Crippen LogP contribution < -0.4 is 4.90 Å². The standard InChI is InChI=1S/C76H53N/c1-75-44-22-21-39-71(75)76(68-38-20-19-37-67(68)75)66-36-18-17-33-58(66)59-42-40-54(47-69(59)76)77(70-45-52-29-11-12-30-55(52)56-31-13-15-34-60(56)70)53-41-43-62-65(46-53)57-32-14-16-35-61(57)73-64(50-25-7-3-8-26-50)48-63(49-23-5-2-6-24-49)72(74(62)73)51-27-9-4-10-28-51/h2-7,9-25,27-48,71H,8,26H2,1H3. The largest absolute Gasteiger partial charge is 0.310 e. The van der Waals surface area contributed by atoms with E-state index in [1.54, 1.807) is 0 Å². The average Bonchev–Trinajstić information content (AvgIpc) is 4.17. The van der Waals surface area contributed by atoms with Crippen molar-refractivity contribution >= 4 is 76.5 Å². The summed E-state index contributed by atoms with van der Waals surface area (Å²) in [5.74, 6) is 0.176. The van der Waals surface area contributed by atoms with Gasteiger partial charge in [0.1, 0.15) is 0 Å². The van der Waals surface area contributed by atoms with E-state index in [0.717, 1.165) is 29.9 Å². The molecule has 0 heterocycles. The number of hydrogen-bond donors (Lipinski definition) is 0. The average molecular weight is 980 g/mol. The van der Waals surface area contributed by atoms with Crippen molar-refractivity contribution in [3.05, 3.63) is 301 Å². The Labute approximate surface area is 449 Å². The van der Waals surface area contributed by atoms with Gasteiger partial charge in [0.15, 0.2) is 0 Å². The molecule has 16 rings (SSSR count). The van der Waals surface area contributed by atoms with E-state index in [1.165, 1.54) is 121 Å². The minimum atomic E-state index is -0.407. The van der Waals surface area contributed by atoms with Crippen LogP contribution in [-0.4, -0.2) is 0 Å². The first kappa shape index (κ1) is 44.0. The SMILES string of the molecule is CC12C=CC=CC1C1(c3ccccc3-c3ccc(N(c4ccc5c(c4)c4ccccc4c4c(C6=CC=CCC6)cc(-c6ccccc6)c(-c6ccccc6)c54)c4cc5ccccc5c5ccccc45)cc31)c1ccccc12. The van der Waals surface area contributed by atoms with E-state index >= 15 is 0 Å². The van der Waals surface area contributed by atoms with Crippen LogP contribution in [0.2, 0.25) is 0 Å². The summed E-state index contributed by atoms with van der Waals surface area (Å²) in [7, 11) is 0. The smallest absolute Gasteiger partial charge is 0.0546 e. The van der Waals surface area contributed by atoms with E-state index in [2.05, 4.69) is 285 Å². The first-order chi connectivity index (χ1) is 38.1. The molecule has 0 bridgehead atoms. The highest BCUT2D eigenvalue weighted by molar-refractivity contribution is 6.32. The molecule has 0 fully saturated rings. The summed E-state index contributed by atoms with van der Waals surface area (Å²) in [4.78, 5) is 2.59. The number of anilines is 3. The Hall–Kier alpha value is -9.30. The van der Waals surface area contributed by atoms with Crippen molar-refractivity contribution < 1.29 is 0 Å². The Balaban J connectivity index is 1.03. The number of benzene rings is 12. The molecule has 0 aliphatic heterocycles. The summed E-state index contributed by atoms with van der Waals surface area (Å²) < 4.78 is 0. The van der Waals surface area contributed by atoms with Crippen LogP contribution in [0.3, 0.4) is 0 Å². The highest BCUT2D eigenvalue weighted by atomic mass is 15.1. The molecule has 0 amide bonds. The van der Waals surface area contributed by atoms with Crippen LogP contribution in [0.1, 0.15) is 47.6 Å². The molecule has 0 N–H and O–H groups in total. The molecule has 77 heavy (non-hydrogen) atoms. The van der Waals surface area contributed by atoms with Gasteiger partial charge in [-0.2, -0.15) is 0 Å². The van der Waals surface area contributed by atoms with Gasteiger partial charge in [0.05, 0.1) is 11.1 Å². The lowest BCUT2D eigenvalue weighted by Crippen LogP contribution is -2.38. The summed E-state index contributed by atoms with van der Waals surface area (Å²) >= 11 is 0. The zero-order valence-electron chi connectivity index (χ0n) is 42.9. The predicted octanol–water partition coefficient (Wildman–Crippen LogP) is 20.3. The summed E-state index contributed by atoms with van der Waals surface area (Å²) in [6, 6.07) is 87.6. The predicted molar refractivity (Wildman–Crippen MR) is 327 cm³/mol. The van der Waals surface area contributed by atoms with Crippen molar-refractivity contribution in [1.82, 2.24) is 0 Å². The van der Waals surface area contributed by atoms with Gasteiger partial charge in [-0.3, -0.25) is 0 Å². The van der Waals surface area contributed by atoms with Gasteiger partial charge in [-0.05, 0) is 164 Å². The van der Waals surface area contributed by atoms with Crippen molar-refractivity contribution in [3.63, 3.8) is 0 Å². The quantitative estimate of drug-likeness (QED) is 0.150. The molecule has 1 heteroatoms. The Morgan fingerprint density at radius 2 is 1.04 bits per heavy atom. The van der Waals surface area contributed by atoms with Gasteiger partial charge < -0.3 is 4.90 Å². The zero-order valence-corrected chi connectivity index (χ0v) is 42.9. The van der Waals surface area contributed by atoms with Gasteiger partial charge in [-0.25, -0.2) is 0 Å². The molecule has 4 aliphatic carbocycles. The molecule has 4 aliphatic rings. The lowest BCUT2D eigenvalue weighted by Gasteiger charge is -2.40. The van der Waals surface area contributed by atoms with Gasteiger partial charge in [0.25, 0.3) is 0 Å². The monoisotopic (exact) mass is 979 g/mol. The third-order valence-corrected chi connectivity index (χ3v) is 18.1. The molecule has 0 aromatic heterocycles. The second-order valence-electron chi connectivity index (χ2n) is 21.9. The Bertz CT molecular complexity index is 4590. The minimum Gasteiger partial charge on any atom is -0.310 e. The molecule has 0 saturated carbocycles. The Morgan fingerprint density at radius 1 is 0.416 bits per heavy atom. The molecular weight excluding hydrogens is 927 g/mol. The van der Waals surface area contributed by atoms with Gasteiger partial charge in [-0.1, -0.05) is 244 Å². The topological polar surface area (TPSA) is 3.24 Å². The summed E-state index contributed by atoms with van der Waals surface area (Å²) in [5.41, 5.74) is 18.7. The molecule has 3 atom stereocenters. The second-order valence-corrected chi connectivity index (χ2v) is 21.9. The zero-order chi connectivity index (χ0) is 50.8. The first-order valence-corrected chi connectivity index (χ1v) is 27.4. The van der Waals surface area contributed by atoms with Crippen LogP contribution in [0.4, 0.5) is 17.1 Å². The van der Waals surface area contributed by atoms with Gasteiger partial charge in [-0.15, -0.1) is 0 Å². The molecule has 1 spiro atoms. The van der Waals surface area contributed by atoms with Crippen molar-refractivity contribution in [2.75, 3.05) is 4.90 Å². The lowest BCUT2D eigenvalue weighted by molar-refractivity contribution is 0.372. The third-order valence-electron chi connectivity index (χ3n) is 18.1. The number of fused-ring (bicyclic) bond motifs is 19.